The Balaban J connectivity index is 1.85. The molecule has 1 N–H and O–H groups in total. The molecule has 2 aromatic rings. The Morgan fingerprint density at radius 3 is 2.58 bits per heavy atom. The van der Waals surface area contributed by atoms with E-state index in [0.29, 0.717) is 0 Å². The number of benzene rings is 2. The van der Waals surface area contributed by atoms with Gasteiger partial charge in [-0.15, -0.1) is 0 Å². The zero-order valence-corrected chi connectivity index (χ0v) is 13.8. The molecule has 0 radical (unpaired) electrons. The number of amides is 1. The Morgan fingerprint density at radius 2 is 1.92 bits per heavy atom. The van der Waals surface area contributed by atoms with E-state index < -0.39 is 17.6 Å². The Hall–Kier alpha value is -2.35. The van der Waals surface area contributed by atoms with Gasteiger partial charge >= 0.3 is 6.18 Å². The number of rotatable bonds is 5. The smallest absolute Gasteiger partial charge is 0.391 e. The van der Waals surface area contributed by atoms with E-state index >= 15 is 0 Å². The molecular weight excluding hydrogens is 389 g/mol. The second kappa shape index (κ2) is 7.96. The highest BCUT2D eigenvalue weighted by Crippen LogP contribution is 2.30. The minimum Gasteiger partial charge on any atom is -0.391 e. The second-order valence-electron chi connectivity index (χ2n) is 4.70. The number of carbonyl (C=O) groups excluding carboxylic acids is 1. The van der Waals surface area contributed by atoms with Crippen LogP contribution < -0.4 is 5.32 Å². The molecule has 1 amide bonds. The number of oxime groups is 1. The number of nitrogens with zero attached hydrogens (tertiary/aromatic N) is 1. The fourth-order valence-electron chi connectivity index (χ4n) is 1.73. The van der Waals surface area contributed by atoms with Crippen LogP contribution in [-0.2, 0) is 22.4 Å². The summed E-state index contributed by atoms with van der Waals surface area (Å²) in [7, 11) is 0. The van der Waals surface area contributed by atoms with Crippen LogP contribution in [0, 0.1) is 0 Å². The SMILES string of the molecule is O=C(/C=N/OCc1ccc(Br)cc1)Nc1cccc(C(F)(F)F)c1. The lowest BCUT2D eigenvalue weighted by Gasteiger charge is -2.08. The van der Waals surface area contributed by atoms with Gasteiger partial charge in [-0.3, -0.25) is 4.79 Å². The monoisotopic (exact) mass is 400 g/mol. The topological polar surface area (TPSA) is 50.7 Å². The van der Waals surface area contributed by atoms with Crippen molar-refractivity contribution >= 4 is 33.7 Å². The summed E-state index contributed by atoms with van der Waals surface area (Å²) >= 11 is 3.30. The minimum absolute atomic E-state index is 0.0224. The number of anilines is 1. The second-order valence-corrected chi connectivity index (χ2v) is 5.62. The highest BCUT2D eigenvalue weighted by Gasteiger charge is 2.30. The van der Waals surface area contributed by atoms with Crippen LogP contribution in [0.25, 0.3) is 0 Å². The third-order valence-corrected chi connectivity index (χ3v) is 3.38. The lowest BCUT2D eigenvalue weighted by molar-refractivity contribution is -0.137. The minimum atomic E-state index is -4.47. The van der Waals surface area contributed by atoms with Crippen molar-refractivity contribution in [2.75, 3.05) is 5.32 Å². The fourth-order valence-corrected chi connectivity index (χ4v) is 1.99. The van der Waals surface area contributed by atoms with Gasteiger partial charge in [0.1, 0.15) is 12.8 Å². The molecule has 126 valence electrons. The molecule has 0 saturated carbocycles. The maximum absolute atomic E-state index is 12.6. The maximum atomic E-state index is 12.6. The molecule has 0 aliphatic carbocycles. The van der Waals surface area contributed by atoms with Crippen molar-refractivity contribution in [1.82, 2.24) is 0 Å². The summed E-state index contributed by atoms with van der Waals surface area (Å²) in [6.45, 7) is 0.167. The maximum Gasteiger partial charge on any atom is 0.416 e. The normalized spacial score (nSPS) is 11.5. The first kappa shape index (κ1) is 18.0. The van der Waals surface area contributed by atoms with Gasteiger partial charge in [-0.05, 0) is 35.9 Å². The molecule has 0 fully saturated rings. The molecule has 0 spiro atoms. The highest BCUT2D eigenvalue weighted by atomic mass is 79.9. The van der Waals surface area contributed by atoms with Gasteiger partial charge in [0.2, 0.25) is 0 Å². The van der Waals surface area contributed by atoms with Gasteiger partial charge in [-0.1, -0.05) is 39.3 Å². The van der Waals surface area contributed by atoms with Crippen LogP contribution in [0.1, 0.15) is 11.1 Å². The van der Waals surface area contributed by atoms with E-state index in [4.69, 9.17) is 4.84 Å². The first-order chi connectivity index (χ1) is 11.3. The molecule has 24 heavy (non-hydrogen) atoms. The standard InChI is InChI=1S/C16H12BrF3N2O2/c17-13-6-4-11(5-7-13)10-24-21-9-15(23)22-14-3-1-2-12(8-14)16(18,19)20/h1-9H,10H2,(H,22,23)/b21-9+. The number of nitrogens with one attached hydrogen (secondary N) is 1. The summed E-state index contributed by atoms with van der Waals surface area (Å²) in [5.74, 6) is -0.690. The van der Waals surface area contributed by atoms with E-state index in [1.807, 2.05) is 24.3 Å². The number of hydrogen-bond donors (Lipinski definition) is 1. The lowest BCUT2D eigenvalue weighted by Crippen LogP contribution is -2.14. The van der Waals surface area contributed by atoms with E-state index in [2.05, 4.69) is 26.4 Å². The average molecular weight is 401 g/mol. The molecule has 0 aromatic heterocycles. The molecule has 0 bridgehead atoms. The van der Waals surface area contributed by atoms with Crippen LogP contribution >= 0.6 is 15.9 Å². The molecular formula is C16H12BrF3N2O2. The van der Waals surface area contributed by atoms with Crippen molar-refractivity contribution in [2.45, 2.75) is 12.8 Å². The van der Waals surface area contributed by atoms with Crippen LogP contribution in [0.3, 0.4) is 0 Å². The van der Waals surface area contributed by atoms with Crippen molar-refractivity contribution in [2.24, 2.45) is 5.16 Å². The van der Waals surface area contributed by atoms with E-state index in [1.165, 1.54) is 12.1 Å². The molecule has 2 aromatic carbocycles. The molecule has 4 nitrogen and oxygen atoms in total. The van der Waals surface area contributed by atoms with E-state index in [-0.39, 0.29) is 12.3 Å². The zero-order valence-electron chi connectivity index (χ0n) is 12.2. The first-order valence-electron chi connectivity index (χ1n) is 6.72. The van der Waals surface area contributed by atoms with Crippen molar-refractivity contribution in [1.29, 1.82) is 0 Å². The third-order valence-electron chi connectivity index (χ3n) is 2.85. The Kier molecular flexibility index (Phi) is 5.97. The van der Waals surface area contributed by atoms with Crippen LogP contribution in [0.5, 0.6) is 0 Å². The van der Waals surface area contributed by atoms with Gasteiger partial charge in [0, 0.05) is 10.2 Å². The quantitative estimate of drug-likeness (QED) is 0.588. The van der Waals surface area contributed by atoms with Crippen molar-refractivity contribution in [3.8, 4) is 0 Å². The fraction of sp³-hybridized carbons (Fsp3) is 0.125. The summed E-state index contributed by atoms with van der Waals surface area (Å²) in [6.07, 6.45) is -3.61. The molecule has 0 unspecified atom stereocenters. The van der Waals surface area contributed by atoms with E-state index in [0.717, 1.165) is 28.4 Å². The van der Waals surface area contributed by atoms with Crippen LogP contribution in [0.15, 0.2) is 58.2 Å². The molecule has 0 aliphatic heterocycles. The van der Waals surface area contributed by atoms with Gasteiger partial charge < -0.3 is 10.2 Å². The summed E-state index contributed by atoms with van der Waals surface area (Å²) < 4.78 is 38.7. The highest BCUT2D eigenvalue weighted by molar-refractivity contribution is 9.10. The van der Waals surface area contributed by atoms with Gasteiger partial charge in [-0.2, -0.15) is 13.2 Å². The van der Waals surface area contributed by atoms with Crippen LogP contribution in [0.4, 0.5) is 18.9 Å². The molecule has 0 atom stereocenters. The molecule has 0 heterocycles. The number of alkyl halides is 3. The van der Waals surface area contributed by atoms with Gasteiger partial charge in [0.25, 0.3) is 5.91 Å². The largest absolute Gasteiger partial charge is 0.416 e. The van der Waals surface area contributed by atoms with Crippen LogP contribution in [0.2, 0.25) is 0 Å². The van der Waals surface area contributed by atoms with Gasteiger partial charge in [0.05, 0.1) is 5.56 Å². The van der Waals surface area contributed by atoms with Gasteiger partial charge in [0.15, 0.2) is 0 Å². The Bertz CT molecular complexity index is 731. The summed E-state index contributed by atoms with van der Waals surface area (Å²) in [6, 6.07) is 11.6. The number of hydrogen-bond acceptors (Lipinski definition) is 3. The van der Waals surface area contributed by atoms with Crippen LogP contribution in [-0.4, -0.2) is 12.1 Å². The molecule has 2 rings (SSSR count). The third kappa shape index (κ3) is 5.69. The Labute approximate surface area is 144 Å². The predicted octanol–water partition coefficient (Wildman–Crippen LogP) is 4.61. The predicted molar refractivity (Wildman–Crippen MR) is 87.5 cm³/mol. The van der Waals surface area contributed by atoms with E-state index in [1.54, 1.807) is 0 Å². The Morgan fingerprint density at radius 1 is 1.21 bits per heavy atom. The summed E-state index contributed by atoms with van der Waals surface area (Å²) in [4.78, 5) is 16.6. The molecule has 0 saturated heterocycles. The van der Waals surface area contributed by atoms with Crippen molar-refractivity contribution in [3.63, 3.8) is 0 Å². The summed E-state index contributed by atoms with van der Waals surface area (Å²) in [5.41, 5.74) is 0.0338. The number of carbonyl (C=O) groups is 1. The summed E-state index contributed by atoms with van der Waals surface area (Å²) in [5, 5.41) is 5.77. The van der Waals surface area contributed by atoms with Gasteiger partial charge in [-0.25, -0.2) is 0 Å². The average Bonchev–Trinajstić information content (AvgIpc) is 2.53. The number of halogens is 4. The molecule has 0 aliphatic rings. The first-order valence-corrected chi connectivity index (χ1v) is 7.52. The van der Waals surface area contributed by atoms with E-state index in [9.17, 15) is 18.0 Å². The van der Waals surface area contributed by atoms with Crippen molar-refractivity contribution in [3.05, 3.63) is 64.1 Å². The zero-order chi connectivity index (χ0) is 17.6. The lowest BCUT2D eigenvalue weighted by atomic mass is 10.2. The van der Waals surface area contributed by atoms with Crippen molar-refractivity contribution < 1.29 is 22.8 Å². The molecule has 8 heteroatoms.